The molecule has 0 aliphatic carbocycles. The molecule has 3 aromatic rings. The van der Waals surface area contributed by atoms with E-state index in [0.29, 0.717) is 28.6 Å². The molecule has 1 aliphatic heterocycles. The number of ether oxygens (including phenoxy) is 1. The molecule has 1 aromatic heterocycles. The van der Waals surface area contributed by atoms with E-state index < -0.39 is 10.8 Å². The van der Waals surface area contributed by atoms with Crippen molar-refractivity contribution in [2.24, 2.45) is 0 Å². The molecule has 2 aromatic carbocycles. The van der Waals surface area contributed by atoms with E-state index in [2.05, 4.69) is 26.3 Å². The van der Waals surface area contributed by atoms with Crippen molar-refractivity contribution in [3.63, 3.8) is 0 Å². The number of nitro benzene ring substituents is 1. The van der Waals surface area contributed by atoms with Crippen LogP contribution in [-0.2, 0) is 9.59 Å². The van der Waals surface area contributed by atoms with Crippen LogP contribution in [0.2, 0.25) is 0 Å². The molecule has 0 spiro atoms. The van der Waals surface area contributed by atoms with Crippen LogP contribution >= 0.6 is 15.9 Å². The first-order valence-corrected chi connectivity index (χ1v) is 9.95. The molecule has 31 heavy (non-hydrogen) atoms. The van der Waals surface area contributed by atoms with Crippen LogP contribution in [0.5, 0.6) is 5.75 Å². The molecule has 0 atom stereocenters. The van der Waals surface area contributed by atoms with Gasteiger partial charge >= 0.3 is 0 Å². The van der Waals surface area contributed by atoms with Gasteiger partial charge in [-0.25, -0.2) is 4.68 Å². The van der Waals surface area contributed by atoms with Crippen LogP contribution in [0.3, 0.4) is 0 Å². The zero-order valence-corrected chi connectivity index (χ0v) is 17.8. The van der Waals surface area contributed by atoms with Gasteiger partial charge in [0.05, 0.1) is 22.0 Å². The monoisotopic (exact) mass is 485 g/mol. The summed E-state index contributed by atoms with van der Waals surface area (Å²) in [6.07, 6.45) is 0. The number of nitrogens with zero attached hydrogens (tertiary/aromatic N) is 4. The fourth-order valence-electron chi connectivity index (χ4n) is 3.18. The number of amides is 2. The number of fused-ring (bicyclic) bond motifs is 1. The van der Waals surface area contributed by atoms with Gasteiger partial charge in [0.1, 0.15) is 18.1 Å². The Kier molecular flexibility index (Phi) is 5.42. The molecule has 158 valence electrons. The van der Waals surface area contributed by atoms with Crippen molar-refractivity contribution >= 4 is 44.9 Å². The number of non-ortho nitro benzene ring substituents is 1. The van der Waals surface area contributed by atoms with Gasteiger partial charge in [0.15, 0.2) is 6.61 Å². The molecule has 2 heterocycles. The van der Waals surface area contributed by atoms with E-state index in [9.17, 15) is 19.7 Å². The van der Waals surface area contributed by atoms with Crippen molar-refractivity contribution in [3.05, 3.63) is 68.8 Å². The second-order valence-electron chi connectivity index (χ2n) is 6.79. The Labute approximate surface area is 184 Å². The lowest BCUT2D eigenvalue weighted by Gasteiger charge is -2.29. The quantitative estimate of drug-likeness (QED) is 0.437. The molecule has 4 rings (SSSR count). The Balaban J connectivity index is 1.55. The number of aromatic nitrogens is 2. The largest absolute Gasteiger partial charge is 0.482 e. The van der Waals surface area contributed by atoms with E-state index in [1.165, 1.54) is 21.7 Å². The molecule has 0 radical (unpaired) electrons. The van der Waals surface area contributed by atoms with E-state index in [1.807, 2.05) is 0 Å². The highest BCUT2D eigenvalue weighted by molar-refractivity contribution is 9.10. The number of carbonyl (C=O) groups excluding carboxylic acids is 2. The van der Waals surface area contributed by atoms with Crippen LogP contribution in [0, 0.1) is 17.0 Å². The van der Waals surface area contributed by atoms with Gasteiger partial charge < -0.3 is 10.1 Å². The van der Waals surface area contributed by atoms with E-state index in [1.54, 1.807) is 43.3 Å². The molecule has 2 amide bonds. The van der Waals surface area contributed by atoms with Crippen molar-refractivity contribution in [1.82, 2.24) is 9.78 Å². The van der Waals surface area contributed by atoms with Crippen LogP contribution in [0.15, 0.2) is 53.0 Å². The highest BCUT2D eigenvalue weighted by atomic mass is 79.9. The van der Waals surface area contributed by atoms with Crippen LogP contribution in [0.1, 0.15) is 5.69 Å². The van der Waals surface area contributed by atoms with E-state index in [-0.39, 0.29) is 24.7 Å². The maximum Gasteiger partial charge on any atom is 0.269 e. The number of carbonyl (C=O) groups is 2. The number of aryl methyl sites for hydroxylation is 1. The summed E-state index contributed by atoms with van der Waals surface area (Å²) >= 11 is 3.36. The SMILES string of the molecule is Cc1cc(NC(=O)CN2C(=O)COc3cc(Br)ccc32)n(-c2ccc([N+](=O)[O-])cc2)n1. The molecule has 1 N–H and O–H groups in total. The second-order valence-corrected chi connectivity index (χ2v) is 7.70. The average Bonchev–Trinajstić information content (AvgIpc) is 3.10. The van der Waals surface area contributed by atoms with Crippen molar-refractivity contribution in [1.29, 1.82) is 0 Å². The number of hydrogen-bond donors (Lipinski definition) is 1. The van der Waals surface area contributed by atoms with Crippen molar-refractivity contribution in [2.45, 2.75) is 6.92 Å². The Morgan fingerprint density at radius 1 is 1.26 bits per heavy atom. The predicted molar refractivity (Wildman–Crippen MR) is 116 cm³/mol. The maximum atomic E-state index is 12.8. The summed E-state index contributed by atoms with van der Waals surface area (Å²) < 4.78 is 7.71. The van der Waals surface area contributed by atoms with Gasteiger partial charge in [0, 0.05) is 22.7 Å². The van der Waals surface area contributed by atoms with Crippen LogP contribution in [0.25, 0.3) is 5.69 Å². The minimum absolute atomic E-state index is 0.0469. The van der Waals surface area contributed by atoms with Crippen LogP contribution in [-0.4, -0.2) is 39.7 Å². The Morgan fingerprint density at radius 2 is 2.00 bits per heavy atom. The van der Waals surface area contributed by atoms with Gasteiger partial charge in [-0.1, -0.05) is 15.9 Å². The number of benzene rings is 2. The maximum absolute atomic E-state index is 12.8. The Morgan fingerprint density at radius 3 is 2.71 bits per heavy atom. The minimum atomic E-state index is -0.490. The molecule has 11 heteroatoms. The van der Waals surface area contributed by atoms with Gasteiger partial charge in [-0.05, 0) is 37.3 Å². The fourth-order valence-corrected chi connectivity index (χ4v) is 3.52. The molecule has 10 nitrogen and oxygen atoms in total. The highest BCUT2D eigenvalue weighted by Gasteiger charge is 2.28. The Hall–Kier alpha value is -3.73. The van der Waals surface area contributed by atoms with Crippen molar-refractivity contribution < 1.29 is 19.2 Å². The summed E-state index contributed by atoms with van der Waals surface area (Å²) in [6, 6.07) is 12.7. The third-order valence-electron chi connectivity index (χ3n) is 4.57. The summed E-state index contributed by atoms with van der Waals surface area (Å²) in [5, 5.41) is 18.0. The molecule has 0 saturated carbocycles. The lowest BCUT2D eigenvalue weighted by Crippen LogP contribution is -2.43. The first kappa shape index (κ1) is 20.5. The van der Waals surface area contributed by atoms with Crippen LogP contribution in [0.4, 0.5) is 17.2 Å². The molecule has 0 unspecified atom stereocenters. The predicted octanol–water partition coefficient (Wildman–Crippen LogP) is 3.22. The van der Waals surface area contributed by atoms with Gasteiger partial charge in [-0.15, -0.1) is 0 Å². The first-order chi connectivity index (χ1) is 14.8. The third kappa shape index (κ3) is 4.26. The molecule has 1 aliphatic rings. The standard InChI is InChI=1S/C20H16BrN5O5/c1-12-8-18(25(23-12)14-3-5-15(6-4-14)26(29)30)22-19(27)10-24-16-7-2-13(21)9-17(16)31-11-20(24)28/h2-9H,10-11H2,1H3,(H,22,27). The van der Waals surface area contributed by atoms with Crippen LogP contribution < -0.4 is 15.0 Å². The molecular weight excluding hydrogens is 470 g/mol. The van der Waals surface area contributed by atoms with Gasteiger partial charge in [0.25, 0.3) is 11.6 Å². The third-order valence-corrected chi connectivity index (χ3v) is 5.06. The lowest BCUT2D eigenvalue weighted by molar-refractivity contribution is -0.384. The molecule has 0 fully saturated rings. The fraction of sp³-hybridized carbons (Fsp3) is 0.150. The Bertz CT molecular complexity index is 1190. The summed E-state index contributed by atoms with van der Waals surface area (Å²) in [4.78, 5) is 36.8. The summed E-state index contributed by atoms with van der Waals surface area (Å²) in [5.41, 5.74) is 1.65. The normalized spacial score (nSPS) is 12.8. The van der Waals surface area contributed by atoms with Gasteiger partial charge in [-0.2, -0.15) is 5.10 Å². The van der Waals surface area contributed by atoms with Crippen molar-refractivity contribution in [3.8, 4) is 11.4 Å². The minimum Gasteiger partial charge on any atom is -0.482 e. The van der Waals surface area contributed by atoms with Crippen molar-refractivity contribution in [2.75, 3.05) is 23.4 Å². The van der Waals surface area contributed by atoms with Gasteiger partial charge in [0.2, 0.25) is 5.91 Å². The van der Waals surface area contributed by atoms with E-state index in [0.717, 1.165) is 4.47 Å². The summed E-state index contributed by atoms with van der Waals surface area (Å²) in [5.74, 6) is 0.138. The zero-order valence-electron chi connectivity index (χ0n) is 16.2. The average molecular weight is 486 g/mol. The second kappa shape index (κ2) is 8.19. The number of nitrogens with one attached hydrogen (secondary N) is 1. The smallest absolute Gasteiger partial charge is 0.269 e. The number of rotatable bonds is 5. The number of anilines is 2. The van der Waals surface area contributed by atoms with E-state index >= 15 is 0 Å². The summed E-state index contributed by atoms with van der Waals surface area (Å²) in [7, 11) is 0. The number of halogens is 1. The first-order valence-electron chi connectivity index (χ1n) is 9.16. The van der Waals surface area contributed by atoms with Gasteiger partial charge in [-0.3, -0.25) is 24.6 Å². The number of nitro groups is 1. The molecule has 0 saturated heterocycles. The van der Waals surface area contributed by atoms with E-state index in [4.69, 9.17) is 4.74 Å². The highest BCUT2D eigenvalue weighted by Crippen LogP contribution is 2.34. The summed E-state index contributed by atoms with van der Waals surface area (Å²) in [6.45, 7) is 1.40. The molecule has 0 bridgehead atoms. The molecular formula is C20H16BrN5O5. The zero-order chi connectivity index (χ0) is 22.1. The number of hydrogen-bond acceptors (Lipinski definition) is 6. The lowest BCUT2D eigenvalue weighted by atomic mass is 10.2. The topological polar surface area (TPSA) is 120 Å².